The van der Waals surface area contributed by atoms with Crippen molar-refractivity contribution in [2.45, 2.75) is 5.85 Å². The maximum Gasteiger partial charge on any atom is 0.475 e. The lowest BCUT2D eigenvalue weighted by Gasteiger charge is -2.26. The quantitative estimate of drug-likeness (QED) is 0.597. The fraction of sp³-hybridized carbons (Fsp3) is 0.455. The Morgan fingerprint density at radius 1 is 1.00 bits per heavy atom. The first-order valence-corrected chi connectivity index (χ1v) is 9.57. The summed E-state index contributed by atoms with van der Waals surface area (Å²) in [7, 11) is -2.88. The maximum absolute atomic E-state index is 12.7. The Labute approximate surface area is 132 Å². The van der Waals surface area contributed by atoms with Crippen molar-refractivity contribution in [2.75, 3.05) is 28.4 Å². The predicted octanol–water partition coefficient (Wildman–Crippen LogP) is 4.35. The summed E-state index contributed by atoms with van der Waals surface area (Å²) < 4.78 is 50.2. The molecule has 0 aliphatic heterocycles. The Balaban J connectivity index is 3.30. The van der Waals surface area contributed by atoms with Gasteiger partial charge in [0, 0.05) is 32.9 Å². The summed E-state index contributed by atoms with van der Waals surface area (Å²) in [4.78, 5) is 0. The Morgan fingerprint density at radius 3 is 2.00 bits per heavy atom. The average molecular weight is 403 g/mol. The van der Waals surface area contributed by atoms with Crippen molar-refractivity contribution < 1.29 is 31.7 Å². The molecule has 0 spiro atoms. The van der Waals surface area contributed by atoms with Crippen LogP contribution in [0.2, 0.25) is 0 Å². The molecule has 1 atom stereocenters. The third-order valence-electron chi connectivity index (χ3n) is 2.61. The summed E-state index contributed by atoms with van der Waals surface area (Å²) in [6, 6.07) is 6.76. The van der Waals surface area contributed by atoms with Gasteiger partial charge in [0.2, 0.25) is 0 Å². The Bertz CT molecular complexity index is 549. The van der Waals surface area contributed by atoms with Gasteiger partial charge in [-0.05, 0) is 17.7 Å². The van der Waals surface area contributed by atoms with Gasteiger partial charge in [-0.25, -0.2) is 4.57 Å². The summed E-state index contributed by atoms with van der Waals surface area (Å²) >= 11 is 3.30. The molecule has 1 aromatic carbocycles. The molecule has 0 radical (unpaired) electrons. The highest BCUT2D eigenvalue weighted by Crippen LogP contribution is 2.66. The van der Waals surface area contributed by atoms with Crippen molar-refractivity contribution in [1.29, 1.82) is 0 Å². The summed E-state index contributed by atoms with van der Waals surface area (Å²) in [6.45, 7) is 0. The third kappa shape index (κ3) is 4.71. The second kappa shape index (κ2) is 7.99. The van der Waals surface area contributed by atoms with Gasteiger partial charge >= 0.3 is 15.4 Å². The minimum Gasteiger partial charge on any atom is -0.310 e. The molecule has 10 heteroatoms. The van der Waals surface area contributed by atoms with Crippen molar-refractivity contribution in [3.05, 3.63) is 34.3 Å². The second-order valence-electron chi connectivity index (χ2n) is 3.73. The zero-order chi connectivity index (χ0) is 16.1. The molecular weight excluding hydrogens is 386 g/mol. The molecule has 21 heavy (non-hydrogen) atoms. The van der Waals surface area contributed by atoms with Crippen molar-refractivity contribution in [3.63, 3.8) is 0 Å². The van der Waals surface area contributed by atoms with E-state index in [1.165, 1.54) is 14.2 Å². The van der Waals surface area contributed by atoms with Crippen LogP contribution in [0.25, 0.3) is 0 Å². The smallest absolute Gasteiger partial charge is 0.310 e. The first-order chi connectivity index (χ1) is 9.84. The van der Waals surface area contributed by atoms with Crippen LogP contribution in [0.15, 0.2) is 28.7 Å². The lowest BCUT2D eigenvalue weighted by molar-refractivity contribution is 0.116. The fourth-order valence-corrected chi connectivity index (χ4v) is 4.48. The van der Waals surface area contributed by atoms with Gasteiger partial charge in [-0.2, -0.15) is 0 Å². The Hall–Kier alpha value is -0.0400. The highest BCUT2D eigenvalue weighted by Gasteiger charge is 2.42. The number of phosphoric acid groups is 1. The molecule has 0 N–H and O–H groups in total. The molecular formula is C11H17BrO7P2. The number of phosphoric ester groups is 1. The van der Waals surface area contributed by atoms with Crippen LogP contribution in [0.1, 0.15) is 11.4 Å². The summed E-state index contributed by atoms with van der Waals surface area (Å²) in [5.74, 6) is -1.27. The molecule has 0 bridgehead atoms. The van der Waals surface area contributed by atoms with Crippen molar-refractivity contribution in [2.24, 2.45) is 0 Å². The fourth-order valence-electron chi connectivity index (χ4n) is 1.51. The molecule has 0 heterocycles. The van der Waals surface area contributed by atoms with Crippen LogP contribution < -0.4 is 0 Å². The lowest BCUT2D eigenvalue weighted by atomic mass is 10.2. The zero-order valence-corrected chi connectivity index (χ0v) is 15.4. The van der Waals surface area contributed by atoms with Gasteiger partial charge in [-0.15, -0.1) is 0 Å². The van der Waals surface area contributed by atoms with E-state index in [9.17, 15) is 9.13 Å². The van der Waals surface area contributed by atoms with E-state index in [0.717, 1.165) is 18.7 Å². The number of hydrogen-bond acceptors (Lipinski definition) is 7. The largest absolute Gasteiger partial charge is 0.475 e. The van der Waals surface area contributed by atoms with Crippen LogP contribution in [-0.2, 0) is 31.7 Å². The molecule has 0 aliphatic carbocycles. The third-order valence-corrected chi connectivity index (χ3v) is 6.63. The highest BCUT2D eigenvalue weighted by atomic mass is 79.9. The Morgan fingerprint density at radius 2 is 1.57 bits per heavy atom. The van der Waals surface area contributed by atoms with Gasteiger partial charge in [0.15, 0.2) is 5.85 Å². The highest BCUT2D eigenvalue weighted by molar-refractivity contribution is 9.10. The summed E-state index contributed by atoms with van der Waals surface area (Å²) in [5, 5.41) is 0. The molecule has 1 aromatic rings. The first-order valence-electron chi connectivity index (χ1n) is 5.70. The molecule has 120 valence electrons. The SMILES string of the molecule is COP(=O)(OC)OC(c1cccc(Br)c1)P(=O)(OC)OC. The zero-order valence-electron chi connectivity index (χ0n) is 12.0. The van der Waals surface area contributed by atoms with Gasteiger partial charge in [0.25, 0.3) is 0 Å². The molecule has 0 fully saturated rings. The van der Waals surface area contributed by atoms with E-state index in [4.69, 9.17) is 22.6 Å². The van der Waals surface area contributed by atoms with Crippen LogP contribution in [-0.4, -0.2) is 28.4 Å². The normalized spacial score (nSPS) is 14.1. The van der Waals surface area contributed by atoms with E-state index in [1.807, 2.05) is 0 Å². The van der Waals surface area contributed by atoms with Crippen LogP contribution in [0.5, 0.6) is 0 Å². The van der Waals surface area contributed by atoms with E-state index in [-0.39, 0.29) is 0 Å². The first kappa shape index (κ1) is 19.0. The number of rotatable bonds is 8. The van der Waals surface area contributed by atoms with Crippen LogP contribution in [0.4, 0.5) is 0 Å². The van der Waals surface area contributed by atoms with Gasteiger partial charge in [-0.3, -0.25) is 18.1 Å². The van der Waals surface area contributed by atoms with Crippen molar-refractivity contribution >= 4 is 31.3 Å². The van der Waals surface area contributed by atoms with E-state index in [2.05, 4.69) is 15.9 Å². The van der Waals surface area contributed by atoms with E-state index in [1.54, 1.807) is 24.3 Å². The minimum absolute atomic E-state index is 0.436. The van der Waals surface area contributed by atoms with Gasteiger partial charge in [0.1, 0.15) is 0 Å². The molecule has 0 aliphatic rings. The van der Waals surface area contributed by atoms with Crippen molar-refractivity contribution in [3.8, 4) is 0 Å². The summed E-state index contributed by atoms with van der Waals surface area (Å²) in [6.07, 6.45) is 0. The average Bonchev–Trinajstić information content (AvgIpc) is 2.51. The molecule has 7 nitrogen and oxygen atoms in total. The number of benzene rings is 1. The van der Waals surface area contributed by atoms with Crippen LogP contribution >= 0.6 is 31.3 Å². The second-order valence-corrected chi connectivity index (χ2v) is 8.76. The molecule has 0 saturated heterocycles. The van der Waals surface area contributed by atoms with E-state index < -0.39 is 21.3 Å². The minimum atomic E-state index is -3.89. The monoisotopic (exact) mass is 402 g/mol. The lowest BCUT2D eigenvalue weighted by Crippen LogP contribution is -2.08. The maximum atomic E-state index is 12.7. The molecule has 1 rings (SSSR count). The number of hydrogen-bond donors (Lipinski definition) is 0. The van der Waals surface area contributed by atoms with Crippen molar-refractivity contribution in [1.82, 2.24) is 0 Å². The van der Waals surface area contributed by atoms with Gasteiger partial charge < -0.3 is 9.05 Å². The van der Waals surface area contributed by atoms with Crippen LogP contribution in [0, 0.1) is 0 Å². The van der Waals surface area contributed by atoms with E-state index >= 15 is 0 Å². The number of halogens is 1. The summed E-state index contributed by atoms with van der Waals surface area (Å²) in [5.41, 5.74) is 0.436. The molecule has 0 amide bonds. The predicted molar refractivity (Wildman–Crippen MR) is 81.2 cm³/mol. The topological polar surface area (TPSA) is 80.3 Å². The van der Waals surface area contributed by atoms with Crippen LogP contribution in [0.3, 0.4) is 0 Å². The standard InChI is InChI=1S/C11H17BrO7P2/c1-15-20(13,16-2)11(19-21(14,17-3)18-4)9-6-5-7-10(12)8-9/h5-8,11H,1-4H3. The van der Waals surface area contributed by atoms with Gasteiger partial charge in [0.05, 0.1) is 0 Å². The molecule has 0 aromatic heterocycles. The Kier molecular flexibility index (Phi) is 7.24. The molecule has 1 unspecified atom stereocenters. The van der Waals surface area contributed by atoms with E-state index in [0.29, 0.717) is 5.56 Å². The van der Waals surface area contributed by atoms with Gasteiger partial charge in [-0.1, -0.05) is 28.1 Å². The molecule has 0 saturated carbocycles.